The molecule has 3 heterocycles. The zero-order chi connectivity index (χ0) is 20.9. The third-order valence-electron chi connectivity index (χ3n) is 6.72. The lowest BCUT2D eigenvalue weighted by molar-refractivity contribution is 0.0531. The number of fused-ring (bicyclic) bond motifs is 1. The summed E-state index contributed by atoms with van der Waals surface area (Å²) in [6, 6.07) is 17.6. The number of hydrogen-bond acceptors (Lipinski definition) is 5. The fourth-order valence-electron chi connectivity index (χ4n) is 4.98. The summed E-state index contributed by atoms with van der Waals surface area (Å²) in [7, 11) is 0. The monoisotopic (exact) mass is 419 g/mol. The summed E-state index contributed by atoms with van der Waals surface area (Å²) in [5.41, 5.74) is 2.60. The SMILES string of the molecule is C(=C\c1ccccc1)/CN1CCCC(N2CCN(Cc3ccc4c(c3)OCO4)CC2)C1. The zero-order valence-corrected chi connectivity index (χ0v) is 18.3. The largest absolute Gasteiger partial charge is 0.454 e. The van der Waals surface area contributed by atoms with E-state index in [9.17, 15) is 0 Å². The Balaban J connectivity index is 1.08. The Bertz CT molecular complexity index is 877. The van der Waals surface area contributed by atoms with Gasteiger partial charge in [-0.1, -0.05) is 48.6 Å². The van der Waals surface area contributed by atoms with Crippen LogP contribution in [0.3, 0.4) is 0 Å². The van der Waals surface area contributed by atoms with Gasteiger partial charge in [0, 0.05) is 51.9 Å². The summed E-state index contributed by atoms with van der Waals surface area (Å²) in [6.45, 7) is 9.42. The summed E-state index contributed by atoms with van der Waals surface area (Å²) in [5, 5.41) is 0. The van der Waals surface area contributed by atoms with Crippen LogP contribution in [0.25, 0.3) is 6.08 Å². The van der Waals surface area contributed by atoms with E-state index in [2.05, 4.69) is 69.3 Å². The van der Waals surface area contributed by atoms with Crippen LogP contribution in [-0.4, -0.2) is 73.3 Å². The summed E-state index contributed by atoms with van der Waals surface area (Å²) >= 11 is 0. The van der Waals surface area contributed by atoms with Gasteiger partial charge in [-0.25, -0.2) is 0 Å². The second-order valence-electron chi connectivity index (χ2n) is 8.87. The van der Waals surface area contributed by atoms with E-state index >= 15 is 0 Å². The molecule has 0 radical (unpaired) electrons. The van der Waals surface area contributed by atoms with Crippen molar-refractivity contribution in [3.63, 3.8) is 0 Å². The molecule has 0 bridgehead atoms. The first-order chi connectivity index (χ1) is 15.3. The second kappa shape index (κ2) is 9.86. The number of likely N-dealkylation sites (tertiary alicyclic amines) is 1. The highest BCUT2D eigenvalue weighted by atomic mass is 16.7. The molecule has 3 aliphatic rings. The minimum absolute atomic E-state index is 0.345. The Labute approximate surface area is 185 Å². The number of nitrogens with zero attached hydrogens (tertiary/aromatic N) is 3. The molecular formula is C26H33N3O2. The van der Waals surface area contributed by atoms with E-state index in [0.717, 1.165) is 37.7 Å². The zero-order valence-electron chi connectivity index (χ0n) is 18.3. The van der Waals surface area contributed by atoms with Crippen LogP contribution in [0, 0.1) is 0 Å². The van der Waals surface area contributed by atoms with Crippen molar-refractivity contribution in [2.24, 2.45) is 0 Å². The molecule has 0 aromatic heterocycles. The van der Waals surface area contributed by atoms with E-state index in [4.69, 9.17) is 9.47 Å². The second-order valence-corrected chi connectivity index (χ2v) is 8.87. The Morgan fingerprint density at radius 2 is 1.71 bits per heavy atom. The van der Waals surface area contributed by atoms with Crippen molar-refractivity contribution < 1.29 is 9.47 Å². The van der Waals surface area contributed by atoms with Crippen LogP contribution < -0.4 is 9.47 Å². The van der Waals surface area contributed by atoms with Gasteiger partial charge in [-0.3, -0.25) is 14.7 Å². The van der Waals surface area contributed by atoms with Gasteiger partial charge in [0.05, 0.1) is 0 Å². The maximum absolute atomic E-state index is 5.53. The number of hydrogen-bond donors (Lipinski definition) is 0. The Morgan fingerprint density at radius 3 is 2.58 bits per heavy atom. The van der Waals surface area contributed by atoms with Crippen LogP contribution in [0.2, 0.25) is 0 Å². The number of piperazine rings is 1. The molecule has 2 aromatic rings. The van der Waals surface area contributed by atoms with E-state index < -0.39 is 0 Å². The fourth-order valence-corrected chi connectivity index (χ4v) is 4.98. The smallest absolute Gasteiger partial charge is 0.231 e. The van der Waals surface area contributed by atoms with Crippen molar-refractivity contribution in [2.45, 2.75) is 25.4 Å². The van der Waals surface area contributed by atoms with E-state index in [1.165, 1.54) is 50.1 Å². The lowest BCUT2D eigenvalue weighted by Crippen LogP contribution is -2.54. The van der Waals surface area contributed by atoms with Crippen LogP contribution in [0.5, 0.6) is 11.5 Å². The predicted octanol–water partition coefficient (Wildman–Crippen LogP) is 3.71. The number of rotatable bonds is 6. The molecule has 0 amide bonds. The highest BCUT2D eigenvalue weighted by Crippen LogP contribution is 2.33. The highest BCUT2D eigenvalue weighted by Gasteiger charge is 2.27. The van der Waals surface area contributed by atoms with Crippen LogP contribution in [0.4, 0.5) is 0 Å². The number of benzene rings is 2. The van der Waals surface area contributed by atoms with Gasteiger partial charge in [-0.2, -0.15) is 0 Å². The molecule has 3 aliphatic heterocycles. The van der Waals surface area contributed by atoms with E-state index in [0.29, 0.717) is 12.8 Å². The molecule has 1 unspecified atom stereocenters. The molecule has 5 heteroatoms. The third kappa shape index (κ3) is 5.29. The molecular weight excluding hydrogens is 386 g/mol. The Hall–Kier alpha value is -2.34. The van der Waals surface area contributed by atoms with E-state index in [1.807, 2.05) is 6.07 Å². The summed E-state index contributed by atoms with van der Waals surface area (Å²) < 4.78 is 11.0. The average Bonchev–Trinajstić information content (AvgIpc) is 3.29. The van der Waals surface area contributed by atoms with Gasteiger partial charge in [0.25, 0.3) is 0 Å². The molecule has 2 aromatic carbocycles. The van der Waals surface area contributed by atoms with Gasteiger partial charge in [0.15, 0.2) is 11.5 Å². The van der Waals surface area contributed by atoms with Gasteiger partial charge in [0.1, 0.15) is 0 Å². The van der Waals surface area contributed by atoms with Crippen LogP contribution in [-0.2, 0) is 6.54 Å². The molecule has 0 spiro atoms. The molecule has 31 heavy (non-hydrogen) atoms. The van der Waals surface area contributed by atoms with Crippen molar-refractivity contribution >= 4 is 6.08 Å². The molecule has 2 saturated heterocycles. The molecule has 0 N–H and O–H groups in total. The standard InChI is InChI=1S/C26H33N3O2/c1-2-6-22(7-3-1)8-4-12-27-13-5-9-24(20-27)29-16-14-28(15-17-29)19-23-10-11-25-26(18-23)31-21-30-25/h1-4,6-8,10-11,18,24H,5,9,12-17,19-21H2/b8-4+. The Kier molecular flexibility index (Phi) is 6.54. The van der Waals surface area contributed by atoms with Gasteiger partial charge in [-0.15, -0.1) is 0 Å². The molecule has 164 valence electrons. The summed E-state index contributed by atoms with van der Waals surface area (Å²) in [5.74, 6) is 1.76. The number of ether oxygens (including phenoxy) is 2. The fraction of sp³-hybridized carbons (Fsp3) is 0.462. The maximum atomic E-state index is 5.53. The molecule has 5 rings (SSSR count). The van der Waals surface area contributed by atoms with Crippen molar-refractivity contribution in [1.29, 1.82) is 0 Å². The van der Waals surface area contributed by atoms with Gasteiger partial charge in [0.2, 0.25) is 6.79 Å². The molecule has 0 saturated carbocycles. The van der Waals surface area contributed by atoms with Crippen molar-refractivity contribution in [1.82, 2.24) is 14.7 Å². The highest BCUT2D eigenvalue weighted by molar-refractivity contribution is 5.48. The van der Waals surface area contributed by atoms with Gasteiger partial charge >= 0.3 is 0 Å². The van der Waals surface area contributed by atoms with Crippen LogP contribution in [0.1, 0.15) is 24.0 Å². The topological polar surface area (TPSA) is 28.2 Å². The lowest BCUT2D eigenvalue weighted by atomic mass is 10.0. The van der Waals surface area contributed by atoms with Gasteiger partial charge < -0.3 is 9.47 Å². The molecule has 5 nitrogen and oxygen atoms in total. The van der Waals surface area contributed by atoms with Crippen molar-refractivity contribution in [3.8, 4) is 11.5 Å². The maximum Gasteiger partial charge on any atom is 0.231 e. The van der Waals surface area contributed by atoms with Crippen LogP contribution in [0.15, 0.2) is 54.6 Å². The average molecular weight is 420 g/mol. The van der Waals surface area contributed by atoms with Gasteiger partial charge in [-0.05, 0) is 42.6 Å². The first kappa shape index (κ1) is 20.6. The molecule has 2 fully saturated rings. The van der Waals surface area contributed by atoms with E-state index in [1.54, 1.807) is 0 Å². The minimum atomic E-state index is 0.345. The van der Waals surface area contributed by atoms with Crippen molar-refractivity contribution in [3.05, 3.63) is 65.7 Å². The van der Waals surface area contributed by atoms with Crippen LogP contribution >= 0.6 is 0 Å². The van der Waals surface area contributed by atoms with Crippen molar-refractivity contribution in [2.75, 3.05) is 52.6 Å². The normalized spacial score (nSPS) is 22.9. The number of piperidine rings is 1. The quantitative estimate of drug-likeness (QED) is 0.712. The third-order valence-corrected chi connectivity index (χ3v) is 6.72. The predicted molar refractivity (Wildman–Crippen MR) is 124 cm³/mol. The molecule has 1 atom stereocenters. The first-order valence-corrected chi connectivity index (χ1v) is 11.6. The Morgan fingerprint density at radius 1 is 0.871 bits per heavy atom. The lowest BCUT2D eigenvalue weighted by Gasteiger charge is -2.43. The first-order valence-electron chi connectivity index (χ1n) is 11.6. The van der Waals surface area contributed by atoms with E-state index in [-0.39, 0.29) is 0 Å². The summed E-state index contributed by atoms with van der Waals surface area (Å²) in [4.78, 5) is 7.91. The molecule has 0 aliphatic carbocycles. The summed E-state index contributed by atoms with van der Waals surface area (Å²) in [6.07, 6.45) is 7.21. The minimum Gasteiger partial charge on any atom is -0.454 e.